The molecule has 0 bridgehead atoms. The van der Waals surface area contributed by atoms with Crippen molar-refractivity contribution in [3.05, 3.63) is 97.2 Å². The fourth-order valence-corrected chi connectivity index (χ4v) is 8.48. The standard InChI is InChI=1S/C65H112O5/c1-3-5-7-9-11-13-15-17-19-21-23-25-26-27-28-29-30-31-32-33-34-35-36-37-38-40-42-44-46-48-50-52-54-56-58-60-65(68)70-63(61-66)62-69-64(67)59-57-55-53-51-49-47-45-43-41-39-24-22-20-18-16-14-12-10-8-6-4-2/h5-8,11-14,17-20,23-25,39,63,66H,3-4,9-10,15-16,21-22,26-38,40-62H2,1-2H3/b7-5-,8-6-,13-11-,14-12-,19-17-,20-18-,25-23-,39-24-. The topological polar surface area (TPSA) is 72.8 Å². The van der Waals surface area contributed by atoms with Crippen molar-refractivity contribution in [2.45, 2.75) is 290 Å². The van der Waals surface area contributed by atoms with Crippen LogP contribution in [0.5, 0.6) is 0 Å². The lowest BCUT2D eigenvalue weighted by atomic mass is 10.0. The van der Waals surface area contributed by atoms with Crippen LogP contribution in [0.4, 0.5) is 0 Å². The second-order valence-corrected chi connectivity index (χ2v) is 19.7. The number of hydrogen-bond donors (Lipinski definition) is 1. The minimum atomic E-state index is -0.779. The lowest BCUT2D eigenvalue weighted by Crippen LogP contribution is -2.28. The number of aliphatic hydroxyl groups excluding tert-OH is 1. The van der Waals surface area contributed by atoms with E-state index in [0.717, 1.165) is 96.3 Å². The summed E-state index contributed by atoms with van der Waals surface area (Å²) in [6, 6.07) is 0. The van der Waals surface area contributed by atoms with Crippen LogP contribution in [0.3, 0.4) is 0 Å². The van der Waals surface area contributed by atoms with Gasteiger partial charge in [-0.3, -0.25) is 9.59 Å². The lowest BCUT2D eigenvalue weighted by molar-refractivity contribution is -0.161. The van der Waals surface area contributed by atoms with E-state index in [4.69, 9.17) is 9.47 Å². The van der Waals surface area contributed by atoms with Crippen molar-refractivity contribution in [3.8, 4) is 0 Å². The number of aliphatic hydroxyl groups is 1. The number of esters is 2. The molecule has 0 spiro atoms. The number of carbonyl (C=O) groups is 2. The monoisotopic (exact) mass is 973 g/mol. The third kappa shape index (κ3) is 57.4. The van der Waals surface area contributed by atoms with Gasteiger partial charge in [0.05, 0.1) is 6.61 Å². The van der Waals surface area contributed by atoms with Crippen molar-refractivity contribution < 1.29 is 24.2 Å². The smallest absolute Gasteiger partial charge is 0.306 e. The number of ether oxygens (including phenoxy) is 2. The molecule has 0 saturated heterocycles. The maximum atomic E-state index is 12.3. The Morgan fingerprint density at radius 3 is 0.857 bits per heavy atom. The molecule has 0 rings (SSSR count). The van der Waals surface area contributed by atoms with Gasteiger partial charge in [0, 0.05) is 12.8 Å². The average molecular weight is 974 g/mol. The highest BCUT2D eigenvalue weighted by atomic mass is 16.6. The molecule has 70 heavy (non-hydrogen) atoms. The number of unbranched alkanes of at least 4 members (excludes halogenated alkanes) is 30. The van der Waals surface area contributed by atoms with E-state index in [2.05, 4.69) is 111 Å². The first-order valence-electron chi connectivity index (χ1n) is 29.8. The Morgan fingerprint density at radius 2 is 0.571 bits per heavy atom. The van der Waals surface area contributed by atoms with Crippen LogP contribution in [0, 0.1) is 0 Å². The van der Waals surface area contributed by atoms with Crippen molar-refractivity contribution in [3.63, 3.8) is 0 Å². The summed E-state index contributed by atoms with van der Waals surface area (Å²) in [6.45, 7) is 3.93. The van der Waals surface area contributed by atoms with Gasteiger partial charge in [0.25, 0.3) is 0 Å². The Hall–Kier alpha value is -3.18. The Balaban J connectivity index is 3.45. The molecule has 0 aromatic rings. The molecule has 0 aromatic carbocycles. The van der Waals surface area contributed by atoms with Crippen molar-refractivity contribution >= 4 is 11.9 Å². The van der Waals surface area contributed by atoms with E-state index >= 15 is 0 Å². The van der Waals surface area contributed by atoms with Gasteiger partial charge in [-0.2, -0.15) is 0 Å². The van der Waals surface area contributed by atoms with E-state index in [-0.39, 0.29) is 25.2 Å². The van der Waals surface area contributed by atoms with E-state index in [9.17, 15) is 14.7 Å². The maximum absolute atomic E-state index is 12.3. The van der Waals surface area contributed by atoms with Gasteiger partial charge < -0.3 is 14.6 Å². The van der Waals surface area contributed by atoms with Crippen LogP contribution in [-0.2, 0) is 19.1 Å². The predicted molar refractivity (Wildman–Crippen MR) is 306 cm³/mol. The van der Waals surface area contributed by atoms with E-state index in [1.54, 1.807) is 0 Å². The zero-order chi connectivity index (χ0) is 50.6. The Kier molecular flexibility index (Phi) is 57.4. The largest absolute Gasteiger partial charge is 0.462 e. The highest BCUT2D eigenvalue weighted by Crippen LogP contribution is 2.17. The molecule has 1 unspecified atom stereocenters. The van der Waals surface area contributed by atoms with Crippen LogP contribution in [0.25, 0.3) is 0 Å². The SMILES string of the molecule is CC/C=C\C/C=C\C/C=C\C/C=C\CCCCCCCCCCCCCCCCCCCCCCCCC(=O)OC(CO)COC(=O)CCCCCCCCCC/C=C\C/C=C\C/C=C\C/C=C\CC. The van der Waals surface area contributed by atoms with E-state index in [1.165, 1.54) is 161 Å². The van der Waals surface area contributed by atoms with Crippen LogP contribution >= 0.6 is 0 Å². The summed E-state index contributed by atoms with van der Waals surface area (Å²) in [6.07, 6.45) is 85.4. The molecule has 5 heteroatoms. The summed E-state index contributed by atoms with van der Waals surface area (Å²) in [5.74, 6) is -0.593. The summed E-state index contributed by atoms with van der Waals surface area (Å²) in [7, 11) is 0. The molecule has 0 aliphatic carbocycles. The molecule has 0 fully saturated rings. The van der Waals surface area contributed by atoms with E-state index < -0.39 is 6.10 Å². The Labute approximate surface area is 434 Å². The first kappa shape index (κ1) is 66.8. The van der Waals surface area contributed by atoms with Gasteiger partial charge in [-0.15, -0.1) is 0 Å². The zero-order valence-electron chi connectivity index (χ0n) is 46.0. The van der Waals surface area contributed by atoms with E-state index in [1.807, 2.05) is 0 Å². The fraction of sp³-hybridized carbons (Fsp3) is 0.723. The molecular formula is C65H112O5. The molecule has 0 amide bonds. The van der Waals surface area contributed by atoms with Crippen molar-refractivity contribution in [1.82, 2.24) is 0 Å². The van der Waals surface area contributed by atoms with Crippen LogP contribution < -0.4 is 0 Å². The van der Waals surface area contributed by atoms with Gasteiger partial charge >= 0.3 is 11.9 Å². The highest BCUT2D eigenvalue weighted by Gasteiger charge is 2.16. The molecule has 1 N–H and O–H groups in total. The minimum Gasteiger partial charge on any atom is -0.462 e. The molecule has 0 heterocycles. The molecule has 5 nitrogen and oxygen atoms in total. The molecule has 0 aromatic heterocycles. The van der Waals surface area contributed by atoms with Crippen LogP contribution in [-0.4, -0.2) is 36.4 Å². The molecule has 0 saturated carbocycles. The first-order valence-corrected chi connectivity index (χ1v) is 29.8. The number of allylic oxidation sites excluding steroid dienone is 16. The molecular weight excluding hydrogens is 861 g/mol. The Bertz CT molecular complexity index is 1330. The number of carbonyl (C=O) groups excluding carboxylic acids is 2. The summed E-state index contributed by atoms with van der Waals surface area (Å²) in [5, 5.41) is 9.66. The average Bonchev–Trinajstić information content (AvgIpc) is 3.36. The van der Waals surface area contributed by atoms with Crippen molar-refractivity contribution in [1.29, 1.82) is 0 Å². The van der Waals surface area contributed by atoms with Crippen molar-refractivity contribution in [2.75, 3.05) is 13.2 Å². The second kappa shape index (κ2) is 60.1. The first-order chi connectivity index (χ1) is 34.6. The molecule has 0 radical (unpaired) electrons. The third-order valence-electron chi connectivity index (χ3n) is 12.9. The molecule has 402 valence electrons. The third-order valence-corrected chi connectivity index (χ3v) is 12.9. The summed E-state index contributed by atoms with van der Waals surface area (Å²) < 4.78 is 10.7. The van der Waals surface area contributed by atoms with Gasteiger partial charge in [-0.25, -0.2) is 0 Å². The zero-order valence-corrected chi connectivity index (χ0v) is 46.0. The van der Waals surface area contributed by atoms with Crippen LogP contribution in [0.15, 0.2) is 97.2 Å². The maximum Gasteiger partial charge on any atom is 0.306 e. The molecule has 0 aliphatic heterocycles. The van der Waals surface area contributed by atoms with E-state index in [0.29, 0.717) is 12.8 Å². The molecule has 1 atom stereocenters. The fourth-order valence-electron chi connectivity index (χ4n) is 8.48. The van der Waals surface area contributed by atoms with Crippen LogP contribution in [0.1, 0.15) is 284 Å². The lowest BCUT2D eigenvalue weighted by Gasteiger charge is -2.15. The van der Waals surface area contributed by atoms with Crippen molar-refractivity contribution in [2.24, 2.45) is 0 Å². The number of rotatable bonds is 54. The predicted octanol–water partition coefficient (Wildman–Crippen LogP) is 20.3. The van der Waals surface area contributed by atoms with Gasteiger partial charge in [-0.05, 0) is 89.9 Å². The Morgan fingerprint density at radius 1 is 0.329 bits per heavy atom. The summed E-state index contributed by atoms with van der Waals surface area (Å²) in [4.78, 5) is 24.5. The van der Waals surface area contributed by atoms with Gasteiger partial charge in [0.1, 0.15) is 6.61 Å². The minimum absolute atomic E-state index is 0.0713. The number of hydrogen-bond acceptors (Lipinski definition) is 5. The van der Waals surface area contributed by atoms with Gasteiger partial charge in [0.2, 0.25) is 0 Å². The van der Waals surface area contributed by atoms with Gasteiger partial charge in [-0.1, -0.05) is 278 Å². The quantitative estimate of drug-likeness (QED) is 0.0373. The van der Waals surface area contributed by atoms with Crippen LogP contribution in [0.2, 0.25) is 0 Å². The summed E-state index contributed by atoms with van der Waals surface area (Å²) in [5.41, 5.74) is 0. The normalized spacial score (nSPS) is 12.9. The second-order valence-electron chi connectivity index (χ2n) is 19.7. The molecule has 0 aliphatic rings. The summed E-state index contributed by atoms with van der Waals surface area (Å²) >= 11 is 0. The highest BCUT2D eigenvalue weighted by molar-refractivity contribution is 5.70. The van der Waals surface area contributed by atoms with Gasteiger partial charge in [0.15, 0.2) is 6.10 Å².